The number of carbonyl (C=O) groups is 1. The molecule has 0 aliphatic carbocycles. The van der Waals surface area contributed by atoms with Crippen molar-refractivity contribution in [3.63, 3.8) is 0 Å². The Balaban J connectivity index is 3.24. The van der Waals surface area contributed by atoms with E-state index in [1.165, 1.54) is 0 Å². The minimum absolute atomic E-state index is 0.0862. The summed E-state index contributed by atoms with van der Waals surface area (Å²) < 4.78 is 10.1. The molecule has 0 fully saturated rings. The highest BCUT2D eigenvalue weighted by molar-refractivity contribution is 5.77. The van der Waals surface area contributed by atoms with Gasteiger partial charge in [-0.1, -0.05) is 13.3 Å². The molecule has 0 amide bonds. The van der Waals surface area contributed by atoms with Crippen LogP contribution in [0.25, 0.3) is 0 Å². The molecular formula is C11H22O3. The van der Waals surface area contributed by atoms with Crippen LogP contribution in [0.5, 0.6) is 0 Å². The number of Topliss-reactive ketones (excluding diaryl/α,β-unsaturated/α-hetero) is 1. The molecule has 0 unspecified atom stereocenters. The first-order valence-electron chi connectivity index (χ1n) is 5.31. The Labute approximate surface area is 86.8 Å². The maximum absolute atomic E-state index is 11.0. The van der Waals surface area contributed by atoms with E-state index in [1.54, 1.807) is 14.2 Å². The normalized spacial score (nSPS) is 10.9. The Kier molecular flexibility index (Phi) is 8.89. The molecular weight excluding hydrogens is 180 g/mol. The van der Waals surface area contributed by atoms with Crippen LogP contribution in [0, 0.1) is 0 Å². The summed E-state index contributed by atoms with van der Waals surface area (Å²) in [7, 11) is 3.30. The lowest BCUT2D eigenvalue weighted by Crippen LogP contribution is -2.12. The van der Waals surface area contributed by atoms with Gasteiger partial charge in [0.2, 0.25) is 0 Å². The van der Waals surface area contributed by atoms with E-state index < -0.39 is 0 Å². The molecule has 3 heteroatoms. The largest absolute Gasteiger partial charge is 0.356 e. The molecule has 0 saturated heterocycles. The van der Waals surface area contributed by atoms with E-state index in [0.29, 0.717) is 12.2 Å². The standard InChI is InChI=1S/C11H22O3/c1-4-10(12)8-6-5-7-9-11(13-2)14-3/h11H,4-9H2,1-3H3. The smallest absolute Gasteiger partial charge is 0.156 e. The van der Waals surface area contributed by atoms with Crippen molar-refractivity contribution in [3.8, 4) is 0 Å². The molecule has 14 heavy (non-hydrogen) atoms. The van der Waals surface area contributed by atoms with Gasteiger partial charge in [0.25, 0.3) is 0 Å². The van der Waals surface area contributed by atoms with Crippen LogP contribution < -0.4 is 0 Å². The number of hydrogen-bond acceptors (Lipinski definition) is 3. The third kappa shape index (κ3) is 7.04. The van der Waals surface area contributed by atoms with Crippen LogP contribution in [0.15, 0.2) is 0 Å². The summed E-state index contributed by atoms with van der Waals surface area (Å²) >= 11 is 0. The number of unbranched alkanes of at least 4 members (excludes halogenated alkanes) is 2. The Hall–Kier alpha value is -0.410. The monoisotopic (exact) mass is 202 g/mol. The third-order valence-electron chi connectivity index (χ3n) is 2.32. The average molecular weight is 202 g/mol. The van der Waals surface area contributed by atoms with Crippen molar-refractivity contribution >= 4 is 5.78 Å². The Bertz CT molecular complexity index is 141. The van der Waals surface area contributed by atoms with Gasteiger partial charge in [-0.25, -0.2) is 0 Å². The van der Waals surface area contributed by atoms with Gasteiger partial charge >= 0.3 is 0 Å². The fourth-order valence-electron chi connectivity index (χ4n) is 1.32. The van der Waals surface area contributed by atoms with E-state index in [-0.39, 0.29) is 6.29 Å². The maximum atomic E-state index is 11.0. The highest BCUT2D eigenvalue weighted by Gasteiger charge is 2.04. The summed E-state index contributed by atoms with van der Waals surface area (Å²) in [5, 5.41) is 0. The summed E-state index contributed by atoms with van der Waals surface area (Å²) in [5.41, 5.74) is 0. The van der Waals surface area contributed by atoms with E-state index in [2.05, 4.69) is 0 Å². The van der Waals surface area contributed by atoms with Crippen molar-refractivity contribution in [1.29, 1.82) is 0 Å². The van der Waals surface area contributed by atoms with Gasteiger partial charge in [0.15, 0.2) is 6.29 Å². The number of ether oxygens (including phenoxy) is 2. The summed E-state index contributed by atoms with van der Waals surface area (Å²) in [6, 6.07) is 0. The van der Waals surface area contributed by atoms with Crippen LogP contribution in [0.3, 0.4) is 0 Å². The SMILES string of the molecule is CCC(=O)CCCCCC(OC)OC. The van der Waals surface area contributed by atoms with Crippen LogP contribution in [0.1, 0.15) is 45.4 Å². The molecule has 0 aromatic carbocycles. The minimum atomic E-state index is -0.0862. The first kappa shape index (κ1) is 13.6. The summed E-state index contributed by atoms with van der Waals surface area (Å²) in [6.07, 6.45) is 5.34. The number of ketones is 1. The molecule has 0 aliphatic rings. The maximum Gasteiger partial charge on any atom is 0.156 e. The molecule has 0 aromatic heterocycles. The molecule has 3 nitrogen and oxygen atoms in total. The highest BCUT2D eigenvalue weighted by Crippen LogP contribution is 2.08. The van der Waals surface area contributed by atoms with Gasteiger partial charge in [0, 0.05) is 27.1 Å². The van der Waals surface area contributed by atoms with Crippen molar-refractivity contribution < 1.29 is 14.3 Å². The second-order valence-corrected chi connectivity index (χ2v) is 3.39. The lowest BCUT2D eigenvalue weighted by atomic mass is 10.1. The van der Waals surface area contributed by atoms with Crippen LogP contribution in [-0.4, -0.2) is 26.3 Å². The predicted octanol–water partition coefficient (Wildman–Crippen LogP) is 2.53. The lowest BCUT2D eigenvalue weighted by molar-refractivity contribution is -0.118. The number of hydrogen-bond donors (Lipinski definition) is 0. The third-order valence-corrected chi connectivity index (χ3v) is 2.32. The van der Waals surface area contributed by atoms with Gasteiger partial charge in [0.05, 0.1) is 0 Å². The van der Waals surface area contributed by atoms with Gasteiger partial charge in [-0.3, -0.25) is 4.79 Å². The van der Waals surface area contributed by atoms with Crippen LogP contribution >= 0.6 is 0 Å². The summed E-state index contributed by atoms with van der Waals surface area (Å²) in [5.74, 6) is 0.361. The summed E-state index contributed by atoms with van der Waals surface area (Å²) in [6.45, 7) is 1.91. The van der Waals surface area contributed by atoms with Crippen LogP contribution in [0.4, 0.5) is 0 Å². The van der Waals surface area contributed by atoms with Crippen molar-refractivity contribution in [1.82, 2.24) is 0 Å². The molecule has 0 atom stereocenters. The van der Waals surface area contributed by atoms with Crippen molar-refractivity contribution in [2.24, 2.45) is 0 Å². The van der Waals surface area contributed by atoms with Crippen LogP contribution in [-0.2, 0) is 14.3 Å². The van der Waals surface area contributed by atoms with Gasteiger partial charge in [-0.2, -0.15) is 0 Å². The topological polar surface area (TPSA) is 35.5 Å². The lowest BCUT2D eigenvalue weighted by Gasteiger charge is -2.12. The number of carbonyl (C=O) groups excluding carboxylic acids is 1. The van der Waals surface area contributed by atoms with Gasteiger partial charge in [0.1, 0.15) is 5.78 Å². The zero-order chi connectivity index (χ0) is 10.8. The van der Waals surface area contributed by atoms with Crippen molar-refractivity contribution in [3.05, 3.63) is 0 Å². The van der Waals surface area contributed by atoms with Gasteiger partial charge < -0.3 is 9.47 Å². The molecule has 0 heterocycles. The van der Waals surface area contributed by atoms with Gasteiger partial charge in [-0.15, -0.1) is 0 Å². The number of rotatable bonds is 9. The molecule has 84 valence electrons. The van der Waals surface area contributed by atoms with E-state index in [1.807, 2.05) is 6.92 Å². The average Bonchev–Trinajstić information content (AvgIpc) is 2.23. The van der Waals surface area contributed by atoms with Crippen molar-refractivity contribution in [2.75, 3.05) is 14.2 Å². The van der Waals surface area contributed by atoms with E-state index in [4.69, 9.17) is 9.47 Å². The fourth-order valence-corrected chi connectivity index (χ4v) is 1.32. The Morgan fingerprint density at radius 3 is 2.29 bits per heavy atom. The zero-order valence-electron chi connectivity index (χ0n) is 9.54. The quantitative estimate of drug-likeness (QED) is 0.426. The summed E-state index contributed by atoms with van der Waals surface area (Å²) in [4.78, 5) is 11.0. The molecule has 0 aliphatic heterocycles. The van der Waals surface area contributed by atoms with E-state index in [9.17, 15) is 4.79 Å². The molecule has 0 saturated carbocycles. The molecule has 0 aromatic rings. The molecule has 0 rings (SSSR count). The van der Waals surface area contributed by atoms with E-state index >= 15 is 0 Å². The van der Waals surface area contributed by atoms with Gasteiger partial charge in [-0.05, 0) is 19.3 Å². The molecule has 0 bridgehead atoms. The first-order chi connectivity index (χ1) is 6.74. The number of methoxy groups -OCH3 is 2. The fraction of sp³-hybridized carbons (Fsp3) is 0.909. The first-order valence-corrected chi connectivity index (χ1v) is 5.31. The van der Waals surface area contributed by atoms with E-state index in [0.717, 1.165) is 32.1 Å². The Morgan fingerprint density at radius 1 is 1.14 bits per heavy atom. The molecule has 0 N–H and O–H groups in total. The highest BCUT2D eigenvalue weighted by atomic mass is 16.7. The predicted molar refractivity (Wildman–Crippen MR) is 56.2 cm³/mol. The molecule has 0 spiro atoms. The van der Waals surface area contributed by atoms with Crippen LogP contribution in [0.2, 0.25) is 0 Å². The second kappa shape index (κ2) is 9.16. The Morgan fingerprint density at radius 2 is 1.79 bits per heavy atom. The second-order valence-electron chi connectivity index (χ2n) is 3.39. The van der Waals surface area contributed by atoms with Crippen molar-refractivity contribution in [2.45, 2.75) is 51.7 Å². The zero-order valence-corrected chi connectivity index (χ0v) is 9.54. The molecule has 0 radical (unpaired) electrons. The minimum Gasteiger partial charge on any atom is -0.356 e.